The van der Waals surface area contributed by atoms with Crippen LogP contribution in [-0.2, 0) is 24.2 Å². The summed E-state index contributed by atoms with van der Waals surface area (Å²) in [5.74, 6) is 1.60. The van der Waals surface area contributed by atoms with E-state index in [2.05, 4.69) is 41.5 Å². The minimum absolute atomic E-state index is 0.193. The Kier molecular flexibility index (Phi) is 8.74. The molecule has 168 valence electrons. The number of ether oxygens (including phenoxy) is 2. The molecular formula is C25H35N3O3. The van der Waals surface area contributed by atoms with Gasteiger partial charge in [0.2, 0.25) is 5.91 Å². The Labute approximate surface area is 186 Å². The lowest BCUT2D eigenvalue weighted by molar-refractivity contribution is -0.130. The number of nitrogens with zero attached hydrogens (tertiary/aromatic N) is 2. The number of likely N-dealkylation sites (N-methyl/N-ethyl adjacent to an activating group) is 1. The Bertz CT molecular complexity index is 841. The zero-order valence-corrected chi connectivity index (χ0v) is 19.0. The number of fused-ring (bicyclic) bond motifs is 1. The topological polar surface area (TPSA) is 54.0 Å². The van der Waals surface area contributed by atoms with Crippen molar-refractivity contribution in [2.24, 2.45) is 0 Å². The monoisotopic (exact) mass is 425 g/mol. The van der Waals surface area contributed by atoms with Crippen LogP contribution in [0.2, 0.25) is 0 Å². The minimum atomic E-state index is 0.193. The Morgan fingerprint density at radius 2 is 1.74 bits per heavy atom. The normalized spacial score (nSPS) is 13.8. The van der Waals surface area contributed by atoms with Crippen LogP contribution in [0.4, 0.5) is 0 Å². The number of amides is 1. The molecule has 1 N–H and O–H groups in total. The molecular weight excluding hydrogens is 390 g/mol. The molecule has 0 bridgehead atoms. The molecule has 1 heterocycles. The largest absolute Gasteiger partial charge is 0.493 e. The van der Waals surface area contributed by atoms with Gasteiger partial charge in [0.1, 0.15) is 0 Å². The Morgan fingerprint density at radius 3 is 2.45 bits per heavy atom. The standard InChI is InChI=1S/C25H35N3O3/c1-27(15-11-26-19-20-8-5-4-6-9-20)12-7-13-28-14-10-21-16-23(30-2)24(31-3)17-22(21)18-25(28)29/h4-6,8-9,16-17,26H,7,10-15,18-19H2,1-3H3. The molecule has 0 atom stereocenters. The number of carbonyl (C=O) groups is 1. The van der Waals surface area contributed by atoms with Crippen LogP contribution in [0.3, 0.4) is 0 Å². The molecule has 0 saturated heterocycles. The zero-order chi connectivity index (χ0) is 22.1. The van der Waals surface area contributed by atoms with Crippen LogP contribution in [-0.4, -0.2) is 69.7 Å². The summed E-state index contributed by atoms with van der Waals surface area (Å²) in [5, 5.41) is 3.49. The fourth-order valence-corrected chi connectivity index (χ4v) is 3.99. The molecule has 1 aliphatic heterocycles. The van der Waals surface area contributed by atoms with Gasteiger partial charge in [0.15, 0.2) is 11.5 Å². The van der Waals surface area contributed by atoms with Crippen molar-refractivity contribution >= 4 is 5.91 Å². The second-order valence-corrected chi connectivity index (χ2v) is 8.10. The lowest BCUT2D eigenvalue weighted by Gasteiger charge is -2.23. The van der Waals surface area contributed by atoms with Gasteiger partial charge in [-0.25, -0.2) is 0 Å². The van der Waals surface area contributed by atoms with Crippen LogP contribution in [0, 0.1) is 0 Å². The number of nitrogens with one attached hydrogen (secondary N) is 1. The van der Waals surface area contributed by atoms with Crippen LogP contribution in [0.5, 0.6) is 11.5 Å². The molecule has 1 amide bonds. The van der Waals surface area contributed by atoms with Gasteiger partial charge < -0.3 is 24.6 Å². The van der Waals surface area contributed by atoms with E-state index >= 15 is 0 Å². The van der Waals surface area contributed by atoms with E-state index in [1.54, 1.807) is 14.2 Å². The summed E-state index contributed by atoms with van der Waals surface area (Å²) < 4.78 is 10.8. The van der Waals surface area contributed by atoms with Crippen molar-refractivity contribution in [3.8, 4) is 11.5 Å². The van der Waals surface area contributed by atoms with Gasteiger partial charge in [0, 0.05) is 32.7 Å². The lowest BCUT2D eigenvalue weighted by atomic mass is 10.0. The first kappa shape index (κ1) is 23.1. The maximum absolute atomic E-state index is 12.8. The zero-order valence-electron chi connectivity index (χ0n) is 19.0. The third kappa shape index (κ3) is 6.71. The lowest BCUT2D eigenvalue weighted by Crippen LogP contribution is -2.36. The summed E-state index contributed by atoms with van der Waals surface area (Å²) in [6.45, 7) is 5.36. The highest BCUT2D eigenvalue weighted by Gasteiger charge is 2.22. The van der Waals surface area contributed by atoms with E-state index in [-0.39, 0.29) is 5.91 Å². The molecule has 31 heavy (non-hydrogen) atoms. The average Bonchev–Trinajstić information content (AvgIpc) is 2.94. The van der Waals surface area contributed by atoms with E-state index in [4.69, 9.17) is 9.47 Å². The Balaban J connectivity index is 1.40. The molecule has 0 fully saturated rings. The first-order valence-corrected chi connectivity index (χ1v) is 11.1. The first-order chi connectivity index (χ1) is 15.1. The second-order valence-electron chi connectivity index (χ2n) is 8.10. The van der Waals surface area contributed by atoms with Gasteiger partial charge in [0.25, 0.3) is 0 Å². The highest BCUT2D eigenvalue weighted by molar-refractivity contribution is 5.80. The van der Waals surface area contributed by atoms with E-state index in [1.807, 2.05) is 23.1 Å². The van der Waals surface area contributed by atoms with Crippen LogP contribution >= 0.6 is 0 Å². The molecule has 0 spiro atoms. The Morgan fingerprint density at radius 1 is 1.03 bits per heavy atom. The predicted molar refractivity (Wildman–Crippen MR) is 124 cm³/mol. The van der Waals surface area contributed by atoms with Crippen molar-refractivity contribution in [2.45, 2.75) is 25.8 Å². The van der Waals surface area contributed by atoms with Crippen LogP contribution < -0.4 is 14.8 Å². The van der Waals surface area contributed by atoms with Crippen LogP contribution in [0.1, 0.15) is 23.1 Å². The molecule has 0 saturated carbocycles. The highest BCUT2D eigenvalue weighted by Crippen LogP contribution is 2.32. The summed E-state index contributed by atoms with van der Waals surface area (Å²) in [6.07, 6.45) is 2.25. The van der Waals surface area contributed by atoms with Crippen molar-refractivity contribution in [1.29, 1.82) is 0 Å². The van der Waals surface area contributed by atoms with Gasteiger partial charge in [-0.3, -0.25) is 4.79 Å². The average molecular weight is 426 g/mol. The molecule has 6 heteroatoms. The van der Waals surface area contributed by atoms with E-state index in [9.17, 15) is 4.79 Å². The molecule has 0 unspecified atom stereocenters. The van der Waals surface area contributed by atoms with Gasteiger partial charge >= 0.3 is 0 Å². The van der Waals surface area contributed by atoms with Crippen LogP contribution in [0.25, 0.3) is 0 Å². The quantitative estimate of drug-likeness (QED) is 0.561. The molecule has 2 aromatic rings. The van der Waals surface area contributed by atoms with Gasteiger partial charge in [0.05, 0.1) is 20.6 Å². The highest BCUT2D eigenvalue weighted by atomic mass is 16.5. The smallest absolute Gasteiger partial charge is 0.227 e. The third-order valence-corrected chi connectivity index (χ3v) is 5.86. The van der Waals surface area contributed by atoms with Crippen molar-refractivity contribution in [2.75, 3.05) is 54.0 Å². The third-order valence-electron chi connectivity index (χ3n) is 5.86. The number of rotatable bonds is 11. The fourth-order valence-electron chi connectivity index (χ4n) is 3.99. The first-order valence-electron chi connectivity index (χ1n) is 11.1. The summed E-state index contributed by atoms with van der Waals surface area (Å²) in [7, 11) is 5.41. The number of hydrogen-bond acceptors (Lipinski definition) is 5. The van der Waals surface area contributed by atoms with Crippen molar-refractivity contribution in [1.82, 2.24) is 15.1 Å². The number of carbonyl (C=O) groups excluding carboxylic acids is 1. The second kappa shape index (κ2) is 11.7. The van der Waals surface area contributed by atoms with E-state index in [0.29, 0.717) is 12.2 Å². The van der Waals surface area contributed by atoms with Gasteiger partial charge in [-0.1, -0.05) is 30.3 Å². The minimum Gasteiger partial charge on any atom is -0.493 e. The summed E-state index contributed by atoms with van der Waals surface area (Å²) in [4.78, 5) is 17.1. The summed E-state index contributed by atoms with van der Waals surface area (Å²) in [6, 6.07) is 14.4. The SMILES string of the molecule is COc1cc2c(cc1OC)CC(=O)N(CCCN(C)CCNCc1ccccc1)CC2. The maximum Gasteiger partial charge on any atom is 0.227 e. The number of benzene rings is 2. The van der Waals surface area contributed by atoms with E-state index in [1.165, 1.54) is 11.1 Å². The van der Waals surface area contributed by atoms with Crippen LogP contribution in [0.15, 0.2) is 42.5 Å². The van der Waals surface area contributed by atoms with E-state index < -0.39 is 0 Å². The molecule has 6 nitrogen and oxygen atoms in total. The predicted octanol–water partition coefficient (Wildman–Crippen LogP) is 2.74. The number of hydrogen-bond donors (Lipinski definition) is 1. The molecule has 0 aromatic heterocycles. The molecule has 0 aliphatic carbocycles. The molecule has 1 aliphatic rings. The summed E-state index contributed by atoms with van der Waals surface area (Å²) >= 11 is 0. The molecule has 2 aromatic carbocycles. The molecule has 0 radical (unpaired) electrons. The van der Waals surface area contributed by atoms with E-state index in [0.717, 1.165) is 63.4 Å². The summed E-state index contributed by atoms with van der Waals surface area (Å²) in [5.41, 5.74) is 3.53. The van der Waals surface area contributed by atoms with Crippen molar-refractivity contribution in [3.05, 3.63) is 59.2 Å². The van der Waals surface area contributed by atoms with Gasteiger partial charge in [-0.05, 0) is 55.3 Å². The number of methoxy groups -OCH3 is 2. The van der Waals surface area contributed by atoms with Crippen molar-refractivity contribution < 1.29 is 14.3 Å². The van der Waals surface area contributed by atoms with Crippen molar-refractivity contribution in [3.63, 3.8) is 0 Å². The van der Waals surface area contributed by atoms with Gasteiger partial charge in [-0.15, -0.1) is 0 Å². The Hall–Kier alpha value is -2.57. The van der Waals surface area contributed by atoms with Gasteiger partial charge in [-0.2, -0.15) is 0 Å². The maximum atomic E-state index is 12.8. The molecule has 3 rings (SSSR count). The fraction of sp³-hybridized carbons (Fsp3) is 0.480.